The van der Waals surface area contributed by atoms with Crippen LogP contribution in [0.15, 0.2) is 34.9 Å². The van der Waals surface area contributed by atoms with Crippen LogP contribution in [-0.2, 0) is 16.0 Å². The van der Waals surface area contributed by atoms with Crippen molar-refractivity contribution >= 4 is 23.2 Å². The van der Waals surface area contributed by atoms with Gasteiger partial charge in [-0.1, -0.05) is 29.8 Å². The lowest BCUT2D eigenvalue weighted by molar-refractivity contribution is -0.121. The van der Waals surface area contributed by atoms with Gasteiger partial charge in [0.2, 0.25) is 0 Å². The Bertz CT molecular complexity index is 546. The van der Waals surface area contributed by atoms with E-state index in [4.69, 9.17) is 16.3 Å². The third-order valence-corrected chi connectivity index (χ3v) is 3.55. The van der Waals surface area contributed by atoms with Crippen molar-refractivity contribution in [3.8, 4) is 5.75 Å². The second-order valence-corrected chi connectivity index (χ2v) is 4.92. The third-order valence-electron chi connectivity index (χ3n) is 3.17. The van der Waals surface area contributed by atoms with Crippen molar-refractivity contribution in [3.05, 3.63) is 40.4 Å². The molecule has 100 valence electrons. The van der Waals surface area contributed by atoms with E-state index in [0.29, 0.717) is 23.6 Å². The van der Waals surface area contributed by atoms with Crippen molar-refractivity contribution in [1.29, 1.82) is 0 Å². The van der Waals surface area contributed by atoms with Crippen molar-refractivity contribution in [1.82, 2.24) is 0 Å². The Hall–Kier alpha value is -1.61. The molecule has 0 unspecified atom stereocenters. The molecule has 0 atom stereocenters. The number of halogens is 1. The van der Waals surface area contributed by atoms with E-state index in [2.05, 4.69) is 0 Å². The molecule has 0 spiro atoms. The maximum atomic E-state index is 12.2. The number of Topliss-reactive ketones (excluding diaryl/α,β-unsaturated/α-hetero) is 2. The average Bonchev–Trinajstić information content (AvgIpc) is 2.39. The van der Waals surface area contributed by atoms with Gasteiger partial charge >= 0.3 is 0 Å². The zero-order valence-electron chi connectivity index (χ0n) is 10.7. The Morgan fingerprint density at radius 3 is 2.74 bits per heavy atom. The SMILES string of the molecule is COc1ccccc1CC(=O)C1=C(Cl)CCCC1=O. The molecule has 0 fully saturated rings. The van der Waals surface area contributed by atoms with E-state index in [-0.39, 0.29) is 23.6 Å². The fraction of sp³-hybridized carbons (Fsp3) is 0.333. The smallest absolute Gasteiger partial charge is 0.172 e. The minimum absolute atomic E-state index is 0.140. The predicted octanol–water partition coefficient (Wildman–Crippen LogP) is 3.05. The molecule has 1 aliphatic carbocycles. The van der Waals surface area contributed by atoms with Gasteiger partial charge in [-0.25, -0.2) is 0 Å². The molecule has 1 aromatic carbocycles. The van der Waals surface area contributed by atoms with E-state index >= 15 is 0 Å². The van der Waals surface area contributed by atoms with Gasteiger partial charge in [0, 0.05) is 23.4 Å². The summed E-state index contributed by atoms with van der Waals surface area (Å²) in [6.07, 6.45) is 1.88. The highest BCUT2D eigenvalue weighted by molar-refractivity contribution is 6.37. The first-order valence-corrected chi connectivity index (χ1v) is 6.58. The first-order chi connectivity index (χ1) is 9.13. The van der Waals surface area contributed by atoms with Gasteiger partial charge in [0.25, 0.3) is 0 Å². The molecule has 4 heteroatoms. The summed E-state index contributed by atoms with van der Waals surface area (Å²) in [6.45, 7) is 0. The largest absolute Gasteiger partial charge is 0.496 e. The van der Waals surface area contributed by atoms with Crippen LogP contribution in [0.2, 0.25) is 0 Å². The lowest BCUT2D eigenvalue weighted by Crippen LogP contribution is -2.19. The maximum Gasteiger partial charge on any atom is 0.172 e. The first-order valence-electron chi connectivity index (χ1n) is 6.20. The number of rotatable bonds is 4. The highest BCUT2D eigenvalue weighted by Gasteiger charge is 2.25. The molecule has 0 saturated heterocycles. The molecule has 2 rings (SSSR count). The van der Waals surface area contributed by atoms with Crippen molar-refractivity contribution in [3.63, 3.8) is 0 Å². The number of ketones is 2. The molecule has 3 nitrogen and oxygen atoms in total. The van der Waals surface area contributed by atoms with Gasteiger partial charge in [0.15, 0.2) is 11.6 Å². The van der Waals surface area contributed by atoms with Crippen molar-refractivity contribution < 1.29 is 14.3 Å². The van der Waals surface area contributed by atoms with Gasteiger partial charge in [0.05, 0.1) is 12.7 Å². The molecule has 19 heavy (non-hydrogen) atoms. The Labute approximate surface area is 117 Å². The van der Waals surface area contributed by atoms with Gasteiger partial charge in [-0.2, -0.15) is 0 Å². The number of allylic oxidation sites excluding steroid dienone is 2. The van der Waals surface area contributed by atoms with E-state index < -0.39 is 0 Å². The Morgan fingerprint density at radius 1 is 1.32 bits per heavy atom. The highest BCUT2D eigenvalue weighted by atomic mass is 35.5. The van der Waals surface area contributed by atoms with Crippen LogP contribution < -0.4 is 4.74 Å². The molecule has 1 aliphatic rings. The molecular weight excluding hydrogens is 264 g/mol. The summed E-state index contributed by atoms with van der Waals surface area (Å²) in [5.74, 6) is 0.283. The van der Waals surface area contributed by atoms with Gasteiger partial charge < -0.3 is 4.74 Å². The van der Waals surface area contributed by atoms with Crippen molar-refractivity contribution in [2.24, 2.45) is 0 Å². The molecule has 0 aromatic heterocycles. The van der Waals surface area contributed by atoms with Crippen LogP contribution in [0.1, 0.15) is 24.8 Å². The Morgan fingerprint density at radius 2 is 2.05 bits per heavy atom. The number of benzene rings is 1. The molecule has 0 aliphatic heterocycles. The van der Waals surface area contributed by atoms with E-state index in [9.17, 15) is 9.59 Å². The summed E-state index contributed by atoms with van der Waals surface area (Å²) < 4.78 is 5.20. The molecule has 0 bridgehead atoms. The molecule has 0 amide bonds. The van der Waals surface area contributed by atoms with Crippen LogP contribution >= 0.6 is 11.6 Å². The summed E-state index contributed by atoms with van der Waals surface area (Å²) in [5.41, 5.74) is 0.948. The summed E-state index contributed by atoms with van der Waals surface area (Å²) in [7, 11) is 1.56. The topological polar surface area (TPSA) is 43.4 Å². The number of methoxy groups -OCH3 is 1. The van der Waals surface area contributed by atoms with E-state index in [1.807, 2.05) is 18.2 Å². The Balaban J connectivity index is 2.24. The number of para-hydroxylation sites is 1. The minimum atomic E-state index is -0.223. The molecule has 0 heterocycles. The minimum Gasteiger partial charge on any atom is -0.496 e. The zero-order chi connectivity index (χ0) is 13.8. The second kappa shape index (κ2) is 6.02. The fourth-order valence-electron chi connectivity index (χ4n) is 2.22. The maximum absolute atomic E-state index is 12.2. The highest BCUT2D eigenvalue weighted by Crippen LogP contribution is 2.27. The summed E-state index contributed by atoms with van der Waals surface area (Å²) in [6, 6.07) is 7.29. The molecular formula is C15H15ClO3. The van der Waals surface area contributed by atoms with E-state index in [0.717, 1.165) is 12.0 Å². The summed E-state index contributed by atoms with van der Waals surface area (Å²) in [5, 5.41) is 0.399. The van der Waals surface area contributed by atoms with Crippen LogP contribution in [-0.4, -0.2) is 18.7 Å². The number of hydrogen-bond donors (Lipinski definition) is 0. The van der Waals surface area contributed by atoms with Crippen molar-refractivity contribution in [2.45, 2.75) is 25.7 Å². The van der Waals surface area contributed by atoms with Crippen LogP contribution in [0, 0.1) is 0 Å². The molecule has 1 aromatic rings. The zero-order valence-corrected chi connectivity index (χ0v) is 11.5. The van der Waals surface area contributed by atoms with Crippen molar-refractivity contribution in [2.75, 3.05) is 7.11 Å². The van der Waals surface area contributed by atoms with Crippen LogP contribution in [0.5, 0.6) is 5.75 Å². The number of hydrogen-bond acceptors (Lipinski definition) is 3. The van der Waals surface area contributed by atoms with E-state index in [1.54, 1.807) is 13.2 Å². The molecule has 0 N–H and O–H groups in total. The van der Waals surface area contributed by atoms with E-state index in [1.165, 1.54) is 0 Å². The predicted molar refractivity (Wildman–Crippen MR) is 73.4 cm³/mol. The van der Waals surface area contributed by atoms with Gasteiger partial charge in [0.1, 0.15) is 5.75 Å². The van der Waals surface area contributed by atoms with Crippen LogP contribution in [0.4, 0.5) is 0 Å². The lowest BCUT2D eigenvalue weighted by atomic mass is 9.92. The number of carbonyl (C=O) groups excluding carboxylic acids is 2. The summed E-state index contributed by atoms with van der Waals surface area (Å²) in [4.78, 5) is 24.0. The normalized spacial score (nSPS) is 15.6. The second-order valence-electron chi connectivity index (χ2n) is 4.47. The van der Waals surface area contributed by atoms with Gasteiger partial charge in [-0.05, 0) is 18.9 Å². The fourth-order valence-corrected chi connectivity index (χ4v) is 2.57. The third kappa shape index (κ3) is 3.04. The van der Waals surface area contributed by atoms with Crippen LogP contribution in [0.25, 0.3) is 0 Å². The number of carbonyl (C=O) groups is 2. The average molecular weight is 279 g/mol. The van der Waals surface area contributed by atoms with Gasteiger partial charge in [-0.15, -0.1) is 0 Å². The Kier molecular flexibility index (Phi) is 4.38. The lowest BCUT2D eigenvalue weighted by Gasteiger charge is -2.14. The monoisotopic (exact) mass is 278 g/mol. The van der Waals surface area contributed by atoms with Crippen LogP contribution in [0.3, 0.4) is 0 Å². The number of ether oxygens (including phenoxy) is 1. The summed E-state index contributed by atoms with van der Waals surface area (Å²) >= 11 is 6.02. The van der Waals surface area contributed by atoms with Gasteiger partial charge in [-0.3, -0.25) is 9.59 Å². The molecule has 0 saturated carbocycles. The standard InChI is InChI=1S/C15H15ClO3/c1-19-14-8-3-2-5-10(14)9-13(18)15-11(16)6-4-7-12(15)17/h2-3,5,8H,4,6-7,9H2,1H3. The quantitative estimate of drug-likeness (QED) is 0.795. The molecule has 0 radical (unpaired) electrons. The first kappa shape index (κ1) is 13.8.